The maximum Gasteiger partial charge on any atom is 0.259 e. The number of aliphatic hydroxyl groups is 1. The molecule has 0 unspecified atom stereocenters. The van der Waals surface area contributed by atoms with Gasteiger partial charge in [-0.05, 0) is 19.1 Å². The van der Waals surface area contributed by atoms with E-state index in [4.69, 9.17) is 5.26 Å². The molecular weight excluding hydrogens is 249 g/mol. The summed E-state index contributed by atoms with van der Waals surface area (Å²) in [5, 5.41) is 24.1. The molecule has 0 fully saturated rings. The number of benzene rings is 1. The van der Waals surface area contributed by atoms with Crippen LogP contribution in [0.15, 0.2) is 29.4 Å². The Morgan fingerprint density at radius 2 is 2.21 bits per heavy atom. The molecule has 1 atom stereocenters. The summed E-state index contributed by atoms with van der Waals surface area (Å²) in [6.07, 6.45) is -0.240. The molecule has 98 valence electrons. The monoisotopic (exact) mass is 261 g/mol. The molecule has 1 aromatic rings. The first-order chi connectivity index (χ1) is 8.97. The molecule has 0 saturated heterocycles. The zero-order chi connectivity index (χ0) is 14.0. The summed E-state index contributed by atoms with van der Waals surface area (Å²) in [6.45, 7) is 1.67. The Bertz CT molecular complexity index is 577. The Morgan fingerprint density at radius 1 is 1.58 bits per heavy atom. The number of rotatable bonds is 2. The average Bonchev–Trinajstić information content (AvgIpc) is 2.67. The van der Waals surface area contributed by atoms with Crippen molar-refractivity contribution < 1.29 is 14.3 Å². The van der Waals surface area contributed by atoms with Crippen molar-refractivity contribution in [2.24, 2.45) is 5.10 Å². The van der Waals surface area contributed by atoms with Crippen LogP contribution in [0.3, 0.4) is 0 Å². The fourth-order valence-corrected chi connectivity index (χ4v) is 2.07. The van der Waals surface area contributed by atoms with E-state index in [-0.39, 0.29) is 12.8 Å². The predicted molar refractivity (Wildman–Crippen MR) is 65.1 cm³/mol. The van der Waals surface area contributed by atoms with Crippen LogP contribution in [0, 0.1) is 17.1 Å². The van der Waals surface area contributed by atoms with Gasteiger partial charge in [0.25, 0.3) is 5.91 Å². The van der Waals surface area contributed by atoms with Gasteiger partial charge in [-0.1, -0.05) is 12.1 Å². The van der Waals surface area contributed by atoms with E-state index in [0.29, 0.717) is 11.3 Å². The normalized spacial score (nSPS) is 22.0. The largest absolute Gasteiger partial charge is 0.365 e. The van der Waals surface area contributed by atoms with Crippen LogP contribution in [0.2, 0.25) is 0 Å². The number of nitrogens with zero attached hydrogens (tertiary/aromatic N) is 3. The van der Waals surface area contributed by atoms with Crippen molar-refractivity contribution in [3.05, 3.63) is 35.6 Å². The lowest BCUT2D eigenvalue weighted by Crippen LogP contribution is -2.43. The summed E-state index contributed by atoms with van der Waals surface area (Å²) in [7, 11) is 0. The predicted octanol–water partition coefficient (Wildman–Crippen LogP) is 1.49. The Kier molecular flexibility index (Phi) is 3.32. The zero-order valence-electron chi connectivity index (χ0n) is 10.3. The molecule has 1 aromatic carbocycles. The third-order valence-electron chi connectivity index (χ3n) is 2.90. The number of hydrogen-bond acceptors (Lipinski definition) is 4. The summed E-state index contributed by atoms with van der Waals surface area (Å²) < 4.78 is 12.9. The van der Waals surface area contributed by atoms with Gasteiger partial charge in [0.05, 0.1) is 6.07 Å². The van der Waals surface area contributed by atoms with Gasteiger partial charge in [0.15, 0.2) is 5.72 Å². The summed E-state index contributed by atoms with van der Waals surface area (Å²) in [6, 6.07) is 6.93. The minimum atomic E-state index is -1.65. The van der Waals surface area contributed by atoms with E-state index in [1.807, 2.05) is 0 Å². The van der Waals surface area contributed by atoms with Crippen LogP contribution in [0.25, 0.3) is 0 Å². The topological polar surface area (TPSA) is 76.7 Å². The smallest absolute Gasteiger partial charge is 0.259 e. The van der Waals surface area contributed by atoms with Gasteiger partial charge in [-0.3, -0.25) is 4.79 Å². The Hall–Kier alpha value is -2.26. The van der Waals surface area contributed by atoms with E-state index in [1.165, 1.54) is 24.3 Å². The van der Waals surface area contributed by atoms with Crippen molar-refractivity contribution in [1.29, 1.82) is 5.26 Å². The minimum absolute atomic E-state index is 0.135. The van der Waals surface area contributed by atoms with Crippen molar-refractivity contribution >= 4 is 11.6 Å². The van der Waals surface area contributed by atoms with E-state index < -0.39 is 17.4 Å². The summed E-state index contributed by atoms with van der Waals surface area (Å²) in [4.78, 5) is 11.8. The van der Waals surface area contributed by atoms with Gasteiger partial charge >= 0.3 is 0 Å². The summed E-state index contributed by atoms with van der Waals surface area (Å²) in [5.41, 5.74) is -0.718. The molecule has 5 nitrogen and oxygen atoms in total. The van der Waals surface area contributed by atoms with Crippen LogP contribution in [0.4, 0.5) is 4.39 Å². The van der Waals surface area contributed by atoms with Crippen molar-refractivity contribution in [3.8, 4) is 6.07 Å². The highest BCUT2D eigenvalue weighted by Crippen LogP contribution is 2.35. The fourth-order valence-electron chi connectivity index (χ4n) is 2.07. The number of hydrogen-bond donors (Lipinski definition) is 1. The first-order valence-corrected chi connectivity index (χ1v) is 5.70. The van der Waals surface area contributed by atoms with E-state index in [1.54, 1.807) is 13.0 Å². The van der Waals surface area contributed by atoms with E-state index in [9.17, 15) is 14.3 Å². The molecule has 19 heavy (non-hydrogen) atoms. The van der Waals surface area contributed by atoms with Crippen LogP contribution in [0.1, 0.15) is 25.3 Å². The van der Waals surface area contributed by atoms with Crippen LogP contribution >= 0.6 is 0 Å². The van der Waals surface area contributed by atoms with Gasteiger partial charge in [-0.25, -0.2) is 4.39 Å². The quantitative estimate of drug-likeness (QED) is 0.876. The lowest BCUT2D eigenvalue weighted by molar-refractivity contribution is -0.156. The van der Waals surface area contributed by atoms with Crippen molar-refractivity contribution in [2.45, 2.75) is 25.5 Å². The zero-order valence-corrected chi connectivity index (χ0v) is 10.3. The average molecular weight is 261 g/mol. The molecule has 1 aliphatic heterocycles. The highest BCUT2D eigenvalue weighted by Gasteiger charge is 2.44. The van der Waals surface area contributed by atoms with Gasteiger partial charge in [-0.2, -0.15) is 15.4 Å². The number of hydrazone groups is 1. The second-order valence-electron chi connectivity index (χ2n) is 4.38. The van der Waals surface area contributed by atoms with Crippen molar-refractivity contribution in [1.82, 2.24) is 5.01 Å². The summed E-state index contributed by atoms with van der Waals surface area (Å²) in [5.74, 6) is -1.02. The summed E-state index contributed by atoms with van der Waals surface area (Å²) >= 11 is 0. The molecule has 0 spiro atoms. The van der Waals surface area contributed by atoms with Crippen LogP contribution < -0.4 is 0 Å². The number of amides is 1. The highest BCUT2D eigenvalue weighted by molar-refractivity contribution is 5.89. The molecule has 2 rings (SSSR count). The van der Waals surface area contributed by atoms with Gasteiger partial charge in [0.2, 0.25) is 0 Å². The Balaban J connectivity index is 2.39. The lowest BCUT2D eigenvalue weighted by Gasteiger charge is -2.31. The fraction of sp³-hybridized carbons (Fsp3) is 0.308. The molecule has 1 aliphatic rings. The molecule has 0 aliphatic carbocycles. The molecule has 0 saturated carbocycles. The third kappa shape index (κ3) is 2.33. The maximum atomic E-state index is 12.9. The van der Waals surface area contributed by atoms with Gasteiger partial charge in [-0.15, -0.1) is 0 Å². The molecular formula is C13H12FN3O2. The van der Waals surface area contributed by atoms with Gasteiger partial charge in [0, 0.05) is 17.7 Å². The SMILES string of the molecule is CC1=NN(C(=O)CC#N)[C@](O)(c2ccc(F)cc2)C1. The molecule has 6 heteroatoms. The molecule has 0 bridgehead atoms. The molecule has 1 N–H and O–H groups in total. The van der Waals surface area contributed by atoms with Crippen molar-refractivity contribution in [2.75, 3.05) is 0 Å². The first-order valence-electron chi connectivity index (χ1n) is 5.70. The third-order valence-corrected chi connectivity index (χ3v) is 2.90. The first kappa shape index (κ1) is 13.2. The highest BCUT2D eigenvalue weighted by atomic mass is 19.1. The number of nitriles is 1. The van der Waals surface area contributed by atoms with Gasteiger partial charge < -0.3 is 5.11 Å². The number of halogens is 1. The number of carbonyl (C=O) groups is 1. The molecule has 1 heterocycles. The van der Waals surface area contributed by atoms with Gasteiger partial charge in [0.1, 0.15) is 12.2 Å². The van der Waals surface area contributed by atoms with E-state index in [2.05, 4.69) is 5.10 Å². The van der Waals surface area contributed by atoms with Crippen molar-refractivity contribution in [3.63, 3.8) is 0 Å². The Labute approximate surface area is 109 Å². The minimum Gasteiger partial charge on any atom is -0.365 e. The second-order valence-corrected chi connectivity index (χ2v) is 4.38. The second kappa shape index (κ2) is 4.78. The molecule has 0 aromatic heterocycles. The molecule has 1 amide bonds. The Morgan fingerprint density at radius 3 is 2.79 bits per heavy atom. The van der Waals surface area contributed by atoms with Crippen LogP contribution in [-0.4, -0.2) is 21.7 Å². The van der Waals surface area contributed by atoms with Crippen LogP contribution in [0.5, 0.6) is 0 Å². The van der Waals surface area contributed by atoms with E-state index >= 15 is 0 Å². The van der Waals surface area contributed by atoms with E-state index in [0.717, 1.165) is 5.01 Å². The standard InChI is InChI=1S/C13H12FN3O2/c1-9-8-13(19,10-2-4-11(14)5-3-10)17(16-9)12(18)6-7-15/h2-5,19H,6,8H2,1H3/t13-/m1/s1. The lowest BCUT2D eigenvalue weighted by atomic mass is 9.97. The molecule has 0 radical (unpaired) electrons. The number of carbonyl (C=O) groups excluding carboxylic acids is 1. The maximum absolute atomic E-state index is 12.9. The van der Waals surface area contributed by atoms with Crippen LogP contribution in [-0.2, 0) is 10.5 Å².